The molecule has 0 spiro atoms. The van der Waals surface area contributed by atoms with Crippen LogP contribution in [-0.2, 0) is 11.2 Å². The molecule has 1 aliphatic heterocycles. The molecule has 0 aromatic carbocycles. The third-order valence-electron chi connectivity index (χ3n) is 4.01. The first-order valence-corrected chi connectivity index (χ1v) is 7.36. The summed E-state index contributed by atoms with van der Waals surface area (Å²) in [6.45, 7) is 5.46. The van der Waals surface area contributed by atoms with Gasteiger partial charge in [-0.3, -0.25) is 0 Å². The van der Waals surface area contributed by atoms with Gasteiger partial charge in [0.15, 0.2) is 0 Å². The average molecular weight is 303 g/mol. The van der Waals surface area contributed by atoms with E-state index < -0.39 is 0 Å². The summed E-state index contributed by atoms with van der Waals surface area (Å²) in [5.74, 6) is 2.38. The summed E-state index contributed by atoms with van der Waals surface area (Å²) in [5.41, 5.74) is 7.52. The molecule has 0 unspecified atom stereocenters. The smallest absolute Gasteiger partial charge is 0.222 e. The molecule has 3 heterocycles. The van der Waals surface area contributed by atoms with Crippen LogP contribution in [-0.4, -0.2) is 41.4 Å². The monoisotopic (exact) mass is 303 g/mol. The molecule has 1 aliphatic rings. The summed E-state index contributed by atoms with van der Waals surface area (Å²) in [6, 6.07) is 3.92. The summed E-state index contributed by atoms with van der Waals surface area (Å²) in [5, 5.41) is 3.94. The molecule has 0 saturated carbocycles. The number of nitrogens with zero attached hydrogens (tertiary/aromatic N) is 4. The van der Waals surface area contributed by atoms with Crippen molar-refractivity contribution in [2.24, 2.45) is 5.92 Å². The fourth-order valence-electron chi connectivity index (χ4n) is 3.00. The third kappa shape index (κ3) is 3.04. The van der Waals surface area contributed by atoms with Gasteiger partial charge in [0.25, 0.3) is 0 Å². The van der Waals surface area contributed by atoms with Crippen molar-refractivity contribution < 1.29 is 9.26 Å². The Morgan fingerprint density at radius 2 is 2.09 bits per heavy atom. The zero-order chi connectivity index (χ0) is 15.7. The van der Waals surface area contributed by atoms with Crippen LogP contribution >= 0.6 is 0 Å². The molecule has 2 N–H and O–H groups in total. The van der Waals surface area contributed by atoms with Crippen LogP contribution in [0.5, 0.6) is 0 Å². The number of aryl methyl sites for hydroxylation is 2. The van der Waals surface area contributed by atoms with Gasteiger partial charge in [-0.1, -0.05) is 5.16 Å². The van der Waals surface area contributed by atoms with Crippen molar-refractivity contribution in [1.82, 2.24) is 15.1 Å². The lowest BCUT2D eigenvalue weighted by Gasteiger charge is -2.17. The number of nitrogen functional groups attached to an aromatic ring is 1. The molecular formula is C15H21N5O2. The van der Waals surface area contributed by atoms with Gasteiger partial charge >= 0.3 is 0 Å². The van der Waals surface area contributed by atoms with Gasteiger partial charge in [-0.15, -0.1) is 0 Å². The van der Waals surface area contributed by atoms with Crippen molar-refractivity contribution in [3.05, 3.63) is 29.3 Å². The van der Waals surface area contributed by atoms with Gasteiger partial charge in [-0.25, -0.2) is 4.98 Å². The van der Waals surface area contributed by atoms with Crippen molar-refractivity contribution in [2.75, 3.05) is 30.8 Å². The van der Waals surface area contributed by atoms with Crippen LogP contribution in [0.2, 0.25) is 0 Å². The molecule has 1 saturated heterocycles. The molecular weight excluding hydrogens is 282 g/mol. The Hall–Kier alpha value is -2.15. The number of methoxy groups -OCH3 is 1. The van der Waals surface area contributed by atoms with E-state index in [0.29, 0.717) is 11.9 Å². The third-order valence-corrected chi connectivity index (χ3v) is 4.01. The first kappa shape index (κ1) is 14.8. The highest BCUT2D eigenvalue weighted by Crippen LogP contribution is 2.27. The van der Waals surface area contributed by atoms with Crippen LogP contribution in [0.25, 0.3) is 0 Å². The Morgan fingerprint density at radius 1 is 1.27 bits per heavy atom. The lowest BCUT2D eigenvalue weighted by atomic mass is 10.0. The number of hydrogen-bond acceptors (Lipinski definition) is 7. The van der Waals surface area contributed by atoms with E-state index in [1.807, 2.05) is 26.0 Å². The molecule has 22 heavy (non-hydrogen) atoms. The molecule has 0 bridgehead atoms. The quantitative estimate of drug-likeness (QED) is 0.911. The van der Waals surface area contributed by atoms with E-state index in [1.54, 1.807) is 7.11 Å². The summed E-state index contributed by atoms with van der Waals surface area (Å²) >= 11 is 0. The Labute approximate surface area is 129 Å². The van der Waals surface area contributed by atoms with Gasteiger partial charge in [0, 0.05) is 50.4 Å². The molecule has 3 rings (SSSR count). The summed E-state index contributed by atoms with van der Waals surface area (Å²) in [7, 11) is 1.74. The first-order valence-electron chi connectivity index (χ1n) is 7.36. The molecule has 7 heteroatoms. The van der Waals surface area contributed by atoms with E-state index in [1.165, 1.54) is 0 Å². The van der Waals surface area contributed by atoms with E-state index in [-0.39, 0.29) is 6.10 Å². The van der Waals surface area contributed by atoms with Crippen molar-refractivity contribution >= 4 is 11.8 Å². The number of ether oxygens (including phenoxy) is 1. The summed E-state index contributed by atoms with van der Waals surface area (Å²) in [6.07, 6.45) is 0.928. The molecule has 1 fully saturated rings. The van der Waals surface area contributed by atoms with Crippen LogP contribution < -0.4 is 10.6 Å². The molecule has 2 aromatic heterocycles. The minimum Gasteiger partial charge on any atom is -0.379 e. The van der Waals surface area contributed by atoms with Gasteiger partial charge in [-0.05, 0) is 13.8 Å². The Bertz CT molecular complexity index is 637. The van der Waals surface area contributed by atoms with E-state index in [2.05, 4.69) is 20.0 Å². The SMILES string of the molecule is CO[C@H]1CN(c2cc(C)nc(N)n2)C[C@H]1Cc1cc(C)no1. The Kier molecular flexibility index (Phi) is 3.98. The van der Waals surface area contributed by atoms with Crippen molar-refractivity contribution in [1.29, 1.82) is 0 Å². The molecule has 118 valence electrons. The fourth-order valence-corrected chi connectivity index (χ4v) is 3.00. The largest absolute Gasteiger partial charge is 0.379 e. The van der Waals surface area contributed by atoms with E-state index >= 15 is 0 Å². The van der Waals surface area contributed by atoms with Crippen LogP contribution in [0.3, 0.4) is 0 Å². The lowest BCUT2D eigenvalue weighted by Crippen LogP contribution is -2.24. The normalized spacial score (nSPS) is 21.5. The highest BCUT2D eigenvalue weighted by atomic mass is 16.5. The minimum atomic E-state index is 0.127. The van der Waals surface area contributed by atoms with Gasteiger partial charge < -0.3 is 19.9 Å². The average Bonchev–Trinajstić information content (AvgIpc) is 3.04. The molecule has 0 amide bonds. The van der Waals surface area contributed by atoms with E-state index in [0.717, 1.165) is 42.5 Å². The number of hydrogen-bond donors (Lipinski definition) is 1. The number of aromatic nitrogens is 3. The highest BCUT2D eigenvalue weighted by Gasteiger charge is 2.34. The Balaban J connectivity index is 1.76. The zero-order valence-corrected chi connectivity index (χ0v) is 13.1. The second-order valence-electron chi connectivity index (χ2n) is 5.80. The maximum Gasteiger partial charge on any atom is 0.222 e. The Morgan fingerprint density at radius 3 is 2.73 bits per heavy atom. The van der Waals surface area contributed by atoms with E-state index in [9.17, 15) is 0 Å². The second-order valence-corrected chi connectivity index (χ2v) is 5.80. The van der Waals surface area contributed by atoms with Gasteiger partial charge in [0.05, 0.1) is 11.8 Å². The predicted octanol–water partition coefficient (Wildman–Crippen LogP) is 1.36. The maximum atomic E-state index is 5.75. The molecule has 2 aromatic rings. The standard InChI is InChI=1S/C15H21N5O2/c1-9-5-14(18-15(16)17-9)20-7-11(13(8-20)21-3)6-12-4-10(2)19-22-12/h4-5,11,13H,6-8H2,1-3H3,(H2,16,17,18)/t11-,13+/m1/s1. The maximum absolute atomic E-state index is 5.75. The van der Waals surface area contributed by atoms with Crippen LogP contribution in [0.1, 0.15) is 17.1 Å². The lowest BCUT2D eigenvalue weighted by molar-refractivity contribution is 0.0813. The van der Waals surface area contributed by atoms with Gasteiger partial charge in [0.1, 0.15) is 11.6 Å². The minimum absolute atomic E-state index is 0.127. The summed E-state index contributed by atoms with van der Waals surface area (Å²) in [4.78, 5) is 10.6. The molecule has 2 atom stereocenters. The van der Waals surface area contributed by atoms with Gasteiger partial charge in [-0.2, -0.15) is 4.98 Å². The first-order chi connectivity index (χ1) is 10.5. The fraction of sp³-hybridized carbons (Fsp3) is 0.533. The van der Waals surface area contributed by atoms with Gasteiger partial charge in [0.2, 0.25) is 5.95 Å². The molecule has 0 aliphatic carbocycles. The number of anilines is 2. The van der Waals surface area contributed by atoms with Crippen molar-refractivity contribution in [2.45, 2.75) is 26.4 Å². The summed E-state index contributed by atoms with van der Waals surface area (Å²) < 4.78 is 11.0. The highest BCUT2D eigenvalue weighted by molar-refractivity contribution is 5.44. The zero-order valence-electron chi connectivity index (χ0n) is 13.1. The number of nitrogens with two attached hydrogens (primary N) is 1. The van der Waals surface area contributed by atoms with E-state index in [4.69, 9.17) is 15.0 Å². The molecule has 7 nitrogen and oxygen atoms in total. The van der Waals surface area contributed by atoms with Crippen LogP contribution in [0.15, 0.2) is 16.7 Å². The topological polar surface area (TPSA) is 90.3 Å². The van der Waals surface area contributed by atoms with Crippen LogP contribution in [0, 0.1) is 19.8 Å². The van der Waals surface area contributed by atoms with Crippen molar-refractivity contribution in [3.8, 4) is 0 Å². The second kappa shape index (κ2) is 5.92. The molecule has 0 radical (unpaired) electrons. The number of rotatable bonds is 4. The van der Waals surface area contributed by atoms with Crippen LogP contribution in [0.4, 0.5) is 11.8 Å². The van der Waals surface area contributed by atoms with Crippen molar-refractivity contribution in [3.63, 3.8) is 0 Å². The predicted molar refractivity (Wildman–Crippen MR) is 82.6 cm³/mol.